The van der Waals surface area contributed by atoms with Gasteiger partial charge in [-0.3, -0.25) is 5.41 Å². The van der Waals surface area contributed by atoms with E-state index in [1.807, 2.05) is 42.5 Å². The van der Waals surface area contributed by atoms with E-state index in [1.165, 1.54) is 5.56 Å². The molecule has 2 rings (SSSR count). The van der Waals surface area contributed by atoms with Crippen LogP contribution in [0.5, 0.6) is 0 Å². The average Bonchev–Trinajstić information content (AvgIpc) is 2.45. The summed E-state index contributed by atoms with van der Waals surface area (Å²) in [5.74, 6) is 0.144. The lowest BCUT2D eigenvalue weighted by Crippen LogP contribution is -2.32. The van der Waals surface area contributed by atoms with Crippen molar-refractivity contribution in [3.05, 3.63) is 70.2 Å². The van der Waals surface area contributed by atoms with Crippen molar-refractivity contribution in [3.8, 4) is 0 Å². The molecule has 3 nitrogen and oxygen atoms in total. The van der Waals surface area contributed by atoms with Gasteiger partial charge < -0.3 is 10.6 Å². The molecule has 0 saturated carbocycles. The molecule has 1 unspecified atom stereocenters. The van der Waals surface area contributed by atoms with Crippen LogP contribution in [0.15, 0.2) is 59.1 Å². The van der Waals surface area contributed by atoms with E-state index in [9.17, 15) is 0 Å². The zero-order chi connectivity index (χ0) is 15.2. The van der Waals surface area contributed by atoms with Crippen molar-refractivity contribution in [2.75, 3.05) is 13.6 Å². The molecule has 0 aliphatic carbocycles. The monoisotopic (exact) mass is 345 g/mol. The van der Waals surface area contributed by atoms with Gasteiger partial charge in [-0.15, -0.1) is 0 Å². The standard InChI is InChI=1S/C17H20BrN3/c1-21(11-13-6-5-9-15(18)10-13)12-16(17(19)20)14-7-3-2-4-8-14/h2-10,16H,11-12H2,1H3,(H3,19,20). The lowest BCUT2D eigenvalue weighted by atomic mass is 9.97. The van der Waals surface area contributed by atoms with Crippen LogP contribution in [0.3, 0.4) is 0 Å². The highest BCUT2D eigenvalue weighted by molar-refractivity contribution is 9.10. The van der Waals surface area contributed by atoms with Crippen LogP contribution in [0.4, 0.5) is 0 Å². The predicted octanol–water partition coefficient (Wildman–Crippen LogP) is 3.60. The van der Waals surface area contributed by atoms with Crippen LogP contribution in [-0.2, 0) is 6.54 Å². The molecule has 0 amide bonds. The summed E-state index contributed by atoms with van der Waals surface area (Å²) < 4.78 is 1.08. The highest BCUT2D eigenvalue weighted by Gasteiger charge is 2.17. The van der Waals surface area contributed by atoms with Gasteiger partial charge in [-0.05, 0) is 30.3 Å². The number of rotatable bonds is 6. The Bertz CT molecular complexity index is 598. The van der Waals surface area contributed by atoms with Crippen molar-refractivity contribution in [1.29, 1.82) is 5.41 Å². The fraction of sp³-hybridized carbons (Fsp3) is 0.235. The maximum absolute atomic E-state index is 7.84. The number of benzene rings is 2. The fourth-order valence-electron chi connectivity index (χ4n) is 2.39. The number of likely N-dealkylation sites (N-methyl/N-ethyl adjacent to an activating group) is 1. The smallest absolute Gasteiger partial charge is 0.0995 e. The third kappa shape index (κ3) is 4.69. The van der Waals surface area contributed by atoms with Gasteiger partial charge in [-0.2, -0.15) is 0 Å². The Hall–Kier alpha value is -1.65. The molecule has 3 N–H and O–H groups in total. The third-order valence-corrected chi connectivity index (χ3v) is 3.91. The lowest BCUT2D eigenvalue weighted by Gasteiger charge is -2.23. The molecule has 0 radical (unpaired) electrons. The Balaban J connectivity index is 2.05. The van der Waals surface area contributed by atoms with Crippen molar-refractivity contribution in [2.24, 2.45) is 5.73 Å². The molecule has 0 aliphatic rings. The first-order chi connectivity index (χ1) is 10.1. The molecule has 0 spiro atoms. The van der Waals surface area contributed by atoms with Gasteiger partial charge in [0.25, 0.3) is 0 Å². The maximum Gasteiger partial charge on any atom is 0.0995 e. The van der Waals surface area contributed by atoms with E-state index in [0.29, 0.717) is 0 Å². The second-order valence-corrected chi connectivity index (χ2v) is 6.16. The minimum Gasteiger partial charge on any atom is -0.387 e. The van der Waals surface area contributed by atoms with Gasteiger partial charge in [0.15, 0.2) is 0 Å². The van der Waals surface area contributed by atoms with Gasteiger partial charge in [0, 0.05) is 17.6 Å². The number of hydrogen-bond donors (Lipinski definition) is 2. The molecular weight excluding hydrogens is 326 g/mol. The van der Waals surface area contributed by atoms with Gasteiger partial charge in [0.1, 0.15) is 0 Å². The number of halogens is 1. The molecule has 0 aromatic heterocycles. The molecule has 0 heterocycles. The molecular formula is C17H20BrN3. The van der Waals surface area contributed by atoms with Gasteiger partial charge in [0.05, 0.1) is 11.8 Å². The number of nitrogens with one attached hydrogen (secondary N) is 1. The summed E-state index contributed by atoms with van der Waals surface area (Å²) in [5, 5.41) is 7.84. The zero-order valence-electron chi connectivity index (χ0n) is 12.1. The zero-order valence-corrected chi connectivity index (χ0v) is 13.7. The van der Waals surface area contributed by atoms with E-state index in [2.05, 4.69) is 40.0 Å². The molecule has 0 saturated heterocycles. The average molecular weight is 346 g/mol. The second-order valence-electron chi connectivity index (χ2n) is 5.25. The summed E-state index contributed by atoms with van der Waals surface area (Å²) in [6.45, 7) is 1.56. The highest BCUT2D eigenvalue weighted by atomic mass is 79.9. The van der Waals surface area contributed by atoms with Crippen LogP contribution in [0.2, 0.25) is 0 Å². The maximum atomic E-state index is 7.84. The first-order valence-electron chi connectivity index (χ1n) is 6.88. The largest absolute Gasteiger partial charge is 0.387 e. The molecule has 0 fully saturated rings. The topological polar surface area (TPSA) is 53.1 Å². The third-order valence-electron chi connectivity index (χ3n) is 3.41. The van der Waals surface area contributed by atoms with Crippen LogP contribution < -0.4 is 5.73 Å². The van der Waals surface area contributed by atoms with Crippen molar-refractivity contribution >= 4 is 21.8 Å². The minimum atomic E-state index is -0.0663. The van der Waals surface area contributed by atoms with Crippen molar-refractivity contribution in [2.45, 2.75) is 12.5 Å². The minimum absolute atomic E-state index is 0.0663. The summed E-state index contributed by atoms with van der Waals surface area (Å²) in [7, 11) is 2.06. The van der Waals surface area contributed by atoms with Gasteiger partial charge in [-0.25, -0.2) is 0 Å². The van der Waals surface area contributed by atoms with Crippen molar-refractivity contribution in [3.63, 3.8) is 0 Å². The Morgan fingerprint density at radius 3 is 2.52 bits per heavy atom. The van der Waals surface area contributed by atoms with E-state index in [-0.39, 0.29) is 11.8 Å². The van der Waals surface area contributed by atoms with Crippen LogP contribution in [0, 0.1) is 5.41 Å². The normalized spacial score (nSPS) is 12.3. The van der Waals surface area contributed by atoms with Crippen LogP contribution in [0.1, 0.15) is 17.0 Å². The van der Waals surface area contributed by atoms with Crippen molar-refractivity contribution in [1.82, 2.24) is 4.90 Å². The molecule has 0 aliphatic heterocycles. The summed E-state index contributed by atoms with van der Waals surface area (Å²) >= 11 is 3.49. The Labute approximate surface area is 134 Å². The molecule has 2 aromatic carbocycles. The first kappa shape index (κ1) is 15.7. The lowest BCUT2D eigenvalue weighted by molar-refractivity contribution is 0.322. The molecule has 4 heteroatoms. The van der Waals surface area contributed by atoms with Gasteiger partial charge in [-0.1, -0.05) is 58.4 Å². The highest BCUT2D eigenvalue weighted by Crippen LogP contribution is 2.18. The Morgan fingerprint density at radius 2 is 1.90 bits per heavy atom. The Kier molecular flexibility index (Phi) is 5.53. The molecule has 21 heavy (non-hydrogen) atoms. The van der Waals surface area contributed by atoms with Gasteiger partial charge in [0.2, 0.25) is 0 Å². The van der Waals surface area contributed by atoms with E-state index in [0.717, 1.165) is 23.1 Å². The summed E-state index contributed by atoms with van der Waals surface area (Å²) in [5.41, 5.74) is 8.11. The number of amidine groups is 1. The van der Waals surface area contributed by atoms with Crippen LogP contribution in [-0.4, -0.2) is 24.3 Å². The number of nitrogens with zero attached hydrogens (tertiary/aromatic N) is 1. The SMILES string of the molecule is CN(Cc1cccc(Br)c1)CC(C(=N)N)c1ccccc1. The fourth-order valence-corrected chi connectivity index (χ4v) is 2.84. The second kappa shape index (κ2) is 7.38. The number of hydrogen-bond acceptors (Lipinski definition) is 2. The number of nitrogens with two attached hydrogens (primary N) is 1. The Morgan fingerprint density at radius 1 is 1.19 bits per heavy atom. The quantitative estimate of drug-likeness (QED) is 0.620. The van der Waals surface area contributed by atoms with E-state index >= 15 is 0 Å². The van der Waals surface area contributed by atoms with E-state index < -0.39 is 0 Å². The van der Waals surface area contributed by atoms with Crippen LogP contribution >= 0.6 is 15.9 Å². The van der Waals surface area contributed by atoms with Gasteiger partial charge >= 0.3 is 0 Å². The first-order valence-corrected chi connectivity index (χ1v) is 7.67. The predicted molar refractivity (Wildman–Crippen MR) is 91.6 cm³/mol. The molecule has 0 bridgehead atoms. The van der Waals surface area contributed by atoms with Crippen molar-refractivity contribution < 1.29 is 0 Å². The summed E-state index contributed by atoms with van der Waals surface area (Å²) in [4.78, 5) is 2.20. The summed E-state index contributed by atoms with van der Waals surface area (Å²) in [6.07, 6.45) is 0. The van der Waals surface area contributed by atoms with Crippen LogP contribution in [0.25, 0.3) is 0 Å². The van der Waals surface area contributed by atoms with E-state index in [4.69, 9.17) is 11.1 Å². The molecule has 1 atom stereocenters. The molecule has 110 valence electrons. The van der Waals surface area contributed by atoms with E-state index in [1.54, 1.807) is 0 Å². The summed E-state index contributed by atoms with van der Waals surface area (Å²) in [6, 6.07) is 18.3. The molecule has 2 aromatic rings.